The molecule has 0 aliphatic heterocycles. The summed E-state index contributed by atoms with van der Waals surface area (Å²) in [5.74, 6) is 6.37. The summed E-state index contributed by atoms with van der Waals surface area (Å²) in [6.45, 7) is -1.57. The maximum absolute atomic E-state index is 12.0. The molecule has 1 unspecified atom stereocenters. The Morgan fingerprint density at radius 3 is 2.45 bits per heavy atom. The lowest BCUT2D eigenvalue weighted by atomic mass is 10.1. The number of nitrogens with one attached hydrogen (secondary N) is 1. The van der Waals surface area contributed by atoms with E-state index in [0.717, 1.165) is 0 Å². The van der Waals surface area contributed by atoms with E-state index in [1.165, 1.54) is 14.2 Å². The van der Waals surface area contributed by atoms with Gasteiger partial charge in [0.25, 0.3) is 0 Å². The van der Waals surface area contributed by atoms with Gasteiger partial charge in [-0.3, -0.25) is 11.3 Å². The van der Waals surface area contributed by atoms with Crippen LogP contribution in [0, 0.1) is 0 Å². The predicted octanol–water partition coefficient (Wildman–Crippen LogP) is 1.79. The largest absolute Gasteiger partial charge is 0.497 e. The van der Waals surface area contributed by atoms with Crippen molar-refractivity contribution in [2.75, 3.05) is 27.4 Å². The van der Waals surface area contributed by atoms with E-state index in [-0.39, 0.29) is 6.61 Å². The molecule has 1 atom stereocenters. The van der Waals surface area contributed by atoms with Crippen molar-refractivity contribution in [3.8, 4) is 11.5 Å². The third kappa shape index (κ3) is 4.87. The lowest BCUT2D eigenvalue weighted by molar-refractivity contribution is -0.175. The summed E-state index contributed by atoms with van der Waals surface area (Å²) in [6.07, 6.45) is -4.37. The lowest BCUT2D eigenvalue weighted by Gasteiger charge is -2.20. The smallest absolute Gasteiger partial charge is 0.411 e. The van der Waals surface area contributed by atoms with Gasteiger partial charge >= 0.3 is 6.18 Å². The van der Waals surface area contributed by atoms with Gasteiger partial charge in [-0.2, -0.15) is 13.2 Å². The number of benzene rings is 1. The normalized spacial score (nSPS) is 13.1. The van der Waals surface area contributed by atoms with Crippen molar-refractivity contribution in [3.05, 3.63) is 23.8 Å². The molecule has 0 heterocycles. The molecule has 0 fully saturated rings. The van der Waals surface area contributed by atoms with Crippen LogP contribution in [0.4, 0.5) is 13.2 Å². The Labute approximate surface area is 114 Å². The molecule has 0 bridgehead atoms. The van der Waals surface area contributed by atoms with E-state index in [4.69, 9.17) is 15.3 Å². The molecule has 0 spiro atoms. The Kier molecular flexibility index (Phi) is 6.05. The summed E-state index contributed by atoms with van der Waals surface area (Å²) in [6, 6.07) is 4.30. The number of rotatable bonds is 7. The Hall–Kier alpha value is -1.51. The van der Waals surface area contributed by atoms with Crippen molar-refractivity contribution >= 4 is 0 Å². The van der Waals surface area contributed by atoms with Gasteiger partial charge in [0, 0.05) is 11.6 Å². The zero-order valence-corrected chi connectivity index (χ0v) is 11.2. The van der Waals surface area contributed by atoms with Crippen molar-refractivity contribution in [2.24, 2.45) is 5.84 Å². The first-order valence-electron chi connectivity index (χ1n) is 5.73. The van der Waals surface area contributed by atoms with Crippen LogP contribution in [0.15, 0.2) is 18.2 Å². The van der Waals surface area contributed by atoms with Gasteiger partial charge in [0.15, 0.2) is 0 Å². The van der Waals surface area contributed by atoms with Gasteiger partial charge in [-0.25, -0.2) is 0 Å². The number of hydrazine groups is 1. The van der Waals surface area contributed by atoms with Gasteiger partial charge < -0.3 is 14.2 Å². The second kappa shape index (κ2) is 7.32. The first-order chi connectivity index (χ1) is 9.41. The average Bonchev–Trinajstić information content (AvgIpc) is 2.42. The summed E-state index contributed by atoms with van der Waals surface area (Å²) in [5.41, 5.74) is 2.99. The molecule has 114 valence electrons. The quantitative estimate of drug-likeness (QED) is 0.593. The van der Waals surface area contributed by atoms with E-state index in [1.807, 2.05) is 0 Å². The van der Waals surface area contributed by atoms with Gasteiger partial charge in [-0.15, -0.1) is 0 Å². The minimum atomic E-state index is -4.37. The van der Waals surface area contributed by atoms with Crippen LogP contribution in [0.5, 0.6) is 11.5 Å². The highest BCUT2D eigenvalue weighted by atomic mass is 19.4. The van der Waals surface area contributed by atoms with Crippen molar-refractivity contribution in [2.45, 2.75) is 12.2 Å². The van der Waals surface area contributed by atoms with Crippen LogP contribution in [-0.4, -0.2) is 33.6 Å². The summed E-state index contributed by atoms with van der Waals surface area (Å²) in [7, 11) is 2.95. The van der Waals surface area contributed by atoms with Gasteiger partial charge in [0.2, 0.25) is 0 Å². The first-order valence-corrected chi connectivity index (χ1v) is 5.73. The second-order valence-electron chi connectivity index (χ2n) is 3.96. The van der Waals surface area contributed by atoms with Crippen molar-refractivity contribution < 1.29 is 27.4 Å². The van der Waals surface area contributed by atoms with E-state index in [1.54, 1.807) is 18.2 Å². The highest BCUT2D eigenvalue weighted by Crippen LogP contribution is 2.29. The summed E-state index contributed by atoms with van der Waals surface area (Å²) >= 11 is 0. The minimum absolute atomic E-state index is 0.237. The summed E-state index contributed by atoms with van der Waals surface area (Å²) in [4.78, 5) is 0. The molecule has 0 aliphatic rings. The van der Waals surface area contributed by atoms with Crippen LogP contribution in [0.3, 0.4) is 0 Å². The molecule has 0 saturated heterocycles. The second-order valence-corrected chi connectivity index (χ2v) is 3.96. The Balaban J connectivity index is 2.78. The van der Waals surface area contributed by atoms with Gasteiger partial charge in [0.1, 0.15) is 18.1 Å². The third-order valence-corrected chi connectivity index (χ3v) is 2.57. The zero-order chi connectivity index (χ0) is 15.2. The molecule has 0 amide bonds. The fourth-order valence-electron chi connectivity index (χ4n) is 1.63. The molecule has 0 aliphatic carbocycles. The molecule has 0 radical (unpaired) electrons. The standard InChI is InChI=1S/C12H17F3N2O3/c1-18-8-3-4-9(11(5-8)19-2)10(17-16)6-20-7-12(13,14)15/h3-5,10,17H,6-7,16H2,1-2H3. The van der Waals surface area contributed by atoms with Crippen LogP contribution < -0.4 is 20.7 Å². The Morgan fingerprint density at radius 2 is 1.95 bits per heavy atom. The van der Waals surface area contributed by atoms with Crippen molar-refractivity contribution in [3.63, 3.8) is 0 Å². The number of halogens is 3. The molecule has 8 heteroatoms. The Bertz CT molecular complexity index is 427. The Morgan fingerprint density at radius 1 is 1.25 bits per heavy atom. The summed E-state index contributed by atoms with van der Waals surface area (Å²) < 4.78 is 50.9. The number of alkyl halides is 3. The number of hydrogen-bond donors (Lipinski definition) is 2. The number of methoxy groups -OCH3 is 2. The van der Waals surface area contributed by atoms with E-state index in [9.17, 15) is 13.2 Å². The first kappa shape index (κ1) is 16.5. The highest BCUT2D eigenvalue weighted by molar-refractivity contribution is 5.42. The average molecular weight is 294 g/mol. The zero-order valence-electron chi connectivity index (χ0n) is 11.2. The van der Waals surface area contributed by atoms with Crippen LogP contribution >= 0.6 is 0 Å². The molecule has 1 rings (SSSR count). The molecule has 3 N–H and O–H groups in total. The van der Waals surface area contributed by atoms with Gasteiger partial charge in [0.05, 0.1) is 26.9 Å². The van der Waals surface area contributed by atoms with Crippen LogP contribution in [0.25, 0.3) is 0 Å². The SMILES string of the molecule is COc1ccc(C(COCC(F)(F)F)NN)c(OC)c1. The van der Waals surface area contributed by atoms with Crippen molar-refractivity contribution in [1.82, 2.24) is 5.43 Å². The molecular weight excluding hydrogens is 277 g/mol. The molecule has 5 nitrogen and oxygen atoms in total. The monoisotopic (exact) mass is 294 g/mol. The fourth-order valence-corrected chi connectivity index (χ4v) is 1.63. The maximum atomic E-state index is 12.0. The summed E-state index contributed by atoms with van der Waals surface area (Å²) in [5, 5.41) is 0. The van der Waals surface area contributed by atoms with E-state index in [2.05, 4.69) is 10.2 Å². The topological polar surface area (TPSA) is 65.7 Å². The van der Waals surface area contributed by atoms with Gasteiger partial charge in [-0.05, 0) is 12.1 Å². The van der Waals surface area contributed by atoms with Crippen LogP contribution in [0.2, 0.25) is 0 Å². The fraction of sp³-hybridized carbons (Fsp3) is 0.500. The number of ether oxygens (including phenoxy) is 3. The van der Waals surface area contributed by atoms with E-state index in [0.29, 0.717) is 17.1 Å². The molecule has 0 aromatic heterocycles. The van der Waals surface area contributed by atoms with E-state index < -0.39 is 18.8 Å². The molecular formula is C12H17F3N2O3. The minimum Gasteiger partial charge on any atom is -0.497 e. The van der Waals surface area contributed by atoms with Crippen LogP contribution in [-0.2, 0) is 4.74 Å². The van der Waals surface area contributed by atoms with E-state index >= 15 is 0 Å². The third-order valence-electron chi connectivity index (χ3n) is 2.57. The number of nitrogens with two attached hydrogens (primary N) is 1. The van der Waals surface area contributed by atoms with Gasteiger partial charge in [-0.1, -0.05) is 0 Å². The van der Waals surface area contributed by atoms with Crippen molar-refractivity contribution in [1.29, 1.82) is 0 Å². The molecule has 0 saturated carbocycles. The lowest BCUT2D eigenvalue weighted by Crippen LogP contribution is -2.33. The predicted molar refractivity (Wildman–Crippen MR) is 66.5 cm³/mol. The maximum Gasteiger partial charge on any atom is 0.411 e. The number of hydrogen-bond acceptors (Lipinski definition) is 5. The molecule has 20 heavy (non-hydrogen) atoms. The van der Waals surface area contributed by atoms with Crippen LogP contribution in [0.1, 0.15) is 11.6 Å². The molecule has 1 aromatic carbocycles. The highest BCUT2D eigenvalue weighted by Gasteiger charge is 2.28. The molecule has 1 aromatic rings.